The van der Waals surface area contributed by atoms with Gasteiger partial charge in [-0.3, -0.25) is 9.10 Å². The van der Waals surface area contributed by atoms with Gasteiger partial charge in [0.2, 0.25) is 15.9 Å². The van der Waals surface area contributed by atoms with Gasteiger partial charge in [0.15, 0.2) is 0 Å². The molecule has 0 fully saturated rings. The van der Waals surface area contributed by atoms with Gasteiger partial charge in [-0.2, -0.15) is 0 Å². The normalized spacial score (nSPS) is 11.0. The first-order chi connectivity index (χ1) is 13.6. The van der Waals surface area contributed by atoms with Crippen LogP contribution in [0.5, 0.6) is 0 Å². The number of carbonyl (C=O) groups is 2. The SMILES string of the molecule is COC(=O)c1ccc(Cl)c(NC(=O)CCCN(c2cccc(C)c2)S(C)(=O)=O)c1. The highest BCUT2D eigenvalue weighted by Crippen LogP contribution is 2.24. The number of rotatable bonds is 8. The molecule has 0 aliphatic heterocycles. The van der Waals surface area contributed by atoms with Gasteiger partial charge in [-0.15, -0.1) is 0 Å². The molecule has 0 saturated heterocycles. The largest absolute Gasteiger partial charge is 0.465 e. The Labute approximate surface area is 175 Å². The second kappa shape index (κ2) is 9.76. The van der Waals surface area contributed by atoms with Crippen LogP contribution in [0.25, 0.3) is 0 Å². The van der Waals surface area contributed by atoms with Crippen LogP contribution in [0.2, 0.25) is 5.02 Å². The van der Waals surface area contributed by atoms with Crippen LogP contribution in [0.1, 0.15) is 28.8 Å². The number of hydrogen-bond acceptors (Lipinski definition) is 5. The maximum atomic E-state index is 12.3. The second-order valence-electron chi connectivity index (χ2n) is 6.51. The quantitative estimate of drug-likeness (QED) is 0.635. The summed E-state index contributed by atoms with van der Waals surface area (Å²) < 4.78 is 30.2. The molecule has 9 heteroatoms. The Hall–Kier alpha value is -2.58. The minimum atomic E-state index is -3.49. The van der Waals surface area contributed by atoms with Gasteiger partial charge in [-0.05, 0) is 49.2 Å². The van der Waals surface area contributed by atoms with Crippen LogP contribution in [0.4, 0.5) is 11.4 Å². The second-order valence-corrected chi connectivity index (χ2v) is 8.83. The topological polar surface area (TPSA) is 92.8 Å². The van der Waals surface area contributed by atoms with Gasteiger partial charge in [0, 0.05) is 13.0 Å². The lowest BCUT2D eigenvalue weighted by atomic mass is 10.2. The van der Waals surface area contributed by atoms with E-state index in [9.17, 15) is 18.0 Å². The Bertz CT molecular complexity index is 1010. The van der Waals surface area contributed by atoms with Crippen LogP contribution in [-0.2, 0) is 19.6 Å². The Kier molecular flexibility index (Phi) is 7.64. The monoisotopic (exact) mass is 438 g/mol. The molecule has 2 aromatic rings. The van der Waals surface area contributed by atoms with Crippen molar-refractivity contribution in [2.24, 2.45) is 0 Å². The molecule has 29 heavy (non-hydrogen) atoms. The Morgan fingerprint density at radius 3 is 2.52 bits per heavy atom. The molecule has 0 heterocycles. The number of sulfonamides is 1. The number of methoxy groups -OCH3 is 1. The zero-order valence-corrected chi connectivity index (χ0v) is 18.0. The number of benzene rings is 2. The van der Waals surface area contributed by atoms with E-state index in [0.717, 1.165) is 11.8 Å². The first kappa shape index (κ1) is 22.7. The van der Waals surface area contributed by atoms with E-state index in [1.165, 1.54) is 29.6 Å². The van der Waals surface area contributed by atoms with Crippen LogP contribution < -0.4 is 9.62 Å². The first-order valence-corrected chi connectivity index (χ1v) is 11.1. The minimum Gasteiger partial charge on any atom is -0.465 e. The van der Waals surface area contributed by atoms with Crippen molar-refractivity contribution in [1.82, 2.24) is 0 Å². The fraction of sp³-hybridized carbons (Fsp3) is 0.300. The zero-order valence-electron chi connectivity index (χ0n) is 16.4. The van der Waals surface area contributed by atoms with Gasteiger partial charge in [0.1, 0.15) is 0 Å². The summed E-state index contributed by atoms with van der Waals surface area (Å²) in [5, 5.41) is 2.93. The number of anilines is 2. The molecule has 0 atom stereocenters. The Morgan fingerprint density at radius 2 is 1.90 bits per heavy atom. The van der Waals surface area contributed by atoms with E-state index >= 15 is 0 Å². The molecule has 0 aliphatic carbocycles. The Morgan fingerprint density at radius 1 is 1.17 bits per heavy atom. The van der Waals surface area contributed by atoms with E-state index in [2.05, 4.69) is 10.1 Å². The van der Waals surface area contributed by atoms with Crippen LogP contribution in [0, 0.1) is 6.92 Å². The minimum absolute atomic E-state index is 0.0800. The fourth-order valence-corrected chi connectivity index (χ4v) is 3.85. The van der Waals surface area contributed by atoms with Crippen molar-refractivity contribution in [2.75, 3.05) is 29.5 Å². The number of hydrogen-bond donors (Lipinski definition) is 1. The summed E-state index contributed by atoms with van der Waals surface area (Å²) in [5.41, 5.74) is 2.05. The number of aryl methyl sites for hydroxylation is 1. The summed E-state index contributed by atoms with van der Waals surface area (Å²) in [6.07, 6.45) is 1.52. The maximum Gasteiger partial charge on any atom is 0.337 e. The number of esters is 1. The lowest BCUT2D eigenvalue weighted by Gasteiger charge is -2.22. The fourth-order valence-electron chi connectivity index (χ4n) is 2.73. The molecule has 0 aromatic heterocycles. The summed E-state index contributed by atoms with van der Waals surface area (Å²) >= 11 is 6.07. The Balaban J connectivity index is 2.02. The van der Waals surface area contributed by atoms with Gasteiger partial charge in [-0.1, -0.05) is 23.7 Å². The van der Waals surface area contributed by atoms with Crippen molar-refractivity contribution in [1.29, 1.82) is 0 Å². The molecule has 2 rings (SSSR count). The third-order valence-corrected chi connectivity index (χ3v) is 5.64. The highest BCUT2D eigenvalue weighted by atomic mass is 35.5. The standard InChI is InChI=1S/C20H23ClN2O5S/c1-14-6-4-7-16(12-14)23(29(3,26)27)11-5-8-19(24)22-18-13-15(20(25)28-2)9-10-17(18)21/h4,6-7,9-10,12-13H,5,8,11H2,1-3H3,(H,22,24). The van der Waals surface area contributed by atoms with Crippen molar-refractivity contribution in [3.05, 3.63) is 58.6 Å². The van der Waals surface area contributed by atoms with E-state index in [1.54, 1.807) is 18.2 Å². The van der Waals surface area contributed by atoms with Gasteiger partial charge in [0.25, 0.3) is 0 Å². The van der Waals surface area contributed by atoms with Crippen molar-refractivity contribution < 1.29 is 22.7 Å². The van der Waals surface area contributed by atoms with Crippen LogP contribution >= 0.6 is 11.6 Å². The number of halogens is 1. The van der Waals surface area contributed by atoms with E-state index in [-0.39, 0.29) is 29.5 Å². The van der Waals surface area contributed by atoms with E-state index in [4.69, 9.17) is 11.6 Å². The van der Waals surface area contributed by atoms with Crippen LogP contribution in [-0.4, -0.2) is 40.2 Å². The molecule has 1 N–H and O–H groups in total. The molecule has 0 spiro atoms. The number of carbonyl (C=O) groups excluding carboxylic acids is 2. The summed E-state index contributed by atoms with van der Waals surface area (Å²) in [7, 11) is -2.23. The van der Waals surface area contributed by atoms with Gasteiger partial charge in [-0.25, -0.2) is 13.2 Å². The van der Waals surface area contributed by atoms with Gasteiger partial charge >= 0.3 is 5.97 Å². The van der Waals surface area contributed by atoms with E-state index in [1.807, 2.05) is 13.0 Å². The summed E-state index contributed by atoms with van der Waals surface area (Å²) in [6, 6.07) is 11.6. The third kappa shape index (κ3) is 6.47. The average Bonchev–Trinajstić information content (AvgIpc) is 2.65. The molecule has 1 amide bonds. The molecule has 0 bridgehead atoms. The van der Waals surface area contributed by atoms with Crippen molar-refractivity contribution in [2.45, 2.75) is 19.8 Å². The van der Waals surface area contributed by atoms with Gasteiger partial charge < -0.3 is 10.1 Å². The molecule has 7 nitrogen and oxygen atoms in total. The van der Waals surface area contributed by atoms with Crippen LogP contribution in [0.15, 0.2) is 42.5 Å². The highest BCUT2D eigenvalue weighted by Gasteiger charge is 2.18. The summed E-state index contributed by atoms with van der Waals surface area (Å²) in [5.74, 6) is -0.884. The number of nitrogens with zero attached hydrogens (tertiary/aromatic N) is 1. The van der Waals surface area contributed by atoms with Crippen molar-refractivity contribution >= 4 is 44.9 Å². The molecular weight excluding hydrogens is 416 g/mol. The summed E-state index contributed by atoms with van der Waals surface area (Å²) in [4.78, 5) is 23.9. The van der Waals surface area contributed by atoms with Gasteiger partial charge in [0.05, 0.1) is 35.3 Å². The summed E-state index contributed by atoms with van der Waals surface area (Å²) in [6.45, 7) is 2.04. The molecular formula is C20H23ClN2O5S. The molecule has 2 aromatic carbocycles. The average molecular weight is 439 g/mol. The van der Waals surface area contributed by atoms with Crippen molar-refractivity contribution in [3.63, 3.8) is 0 Å². The number of nitrogens with one attached hydrogen (secondary N) is 1. The predicted molar refractivity (Wildman–Crippen MR) is 114 cm³/mol. The number of ether oxygens (including phenoxy) is 1. The van der Waals surface area contributed by atoms with Crippen molar-refractivity contribution in [3.8, 4) is 0 Å². The molecule has 156 valence electrons. The molecule has 0 saturated carbocycles. The van der Waals surface area contributed by atoms with E-state index < -0.39 is 16.0 Å². The van der Waals surface area contributed by atoms with E-state index in [0.29, 0.717) is 17.8 Å². The lowest BCUT2D eigenvalue weighted by molar-refractivity contribution is -0.116. The number of amides is 1. The molecule has 0 radical (unpaired) electrons. The first-order valence-electron chi connectivity index (χ1n) is 8.84. The van der Waals surface area contributed by atoms with Crippen LogP contribution in [0.3, 0.4) is 0 Å². The zero-order chi connectivity index (χ0) is 21.6. The smallest absolute Gasteiger partial charge is 0.337 e. The third-order valence-electron chi connectivity index (χ3n) is 4.12. The molecule has 0 unspecified atom stereocenters. The highest BCUT2D eigenvalue weighted by molar-refractivity contribution is 7.92. The predicted octanol–water partition coefficient (Wildman–Crippen LogP) is 3.62. The lowest BCUT2D eigenvalue weighted by Crippen LogP contribution is -2.31. The molecule has 0 aliphatic rings. The maximum absolute atomic E-state index is 12.3.